The zero-order chi connectivity index (χ0) is 17.8. The lowest BCUT2D eigenvalue weighted by Gasteiger charge is -2.39. The molecule has 0 fully saturated rings. The standard InChI is InChI=1S/C21H25NO3/c1-5-8-17-16-14-21(25-4)20(24-3)13-15(16)11-12-22(17)18-9-6-7-10-19(18)23-2/h5-7,9-10,13-14,17H,1,8,11-12H2,2-4H3/t17-/m0/s1. The van der Waals surface area contributed by atoms with Crippen molar-refractivity contribution in [1.82, 2.24) is 0 Å². The number of methoxy groups -OCH3 is 3. The van der Waals surface area contributed by atoms with Gasteiger partial charge in [-0.2, -0.15) is 0 Å². The van der Waals surface area contributed by atoms with E-state index in [2.05, 4.69) is 29.7 Å². The zero-order valence-electron chi connectivity index (χ0n) is 15.1. The lowest BCUT2D eigenvalue weighted by Crippen LogP contribution is -2.35. The minimum atomic E-state index is 0.192. The number of nitrogens with zero attached hydrogens (tertiary/aromatic N) is 1. The van der Waals surface area contributed by atoms with Gasteiger partial charge < -0.3 is 19.1 Å². The van der Waals surface area contributed by atoms with Crippen molar-refractivity contribution in [1.29, 1.82) is 0 Å². The fourth-order valence-electron chi connectivity index (χ4n) is 3.60. The third kappa shape index (κ3) is 3.16. The van der Waals surface area contributed by atoms with Crippen LogP contribution in [-0.4, -0.2) is 27.9 Å². The molecule has 0 spiro atoms. The molecule has 0 N–H and O–H groups in total. The van der Waals surface area contributed by atoms with E-state index in [9.17, 15) is 0 Å². The summed E-state index contributed by atoms with van der Waals surface area (Å²) in [5, 5.41) is 0. The maximum absolute atomic E-state index is 5.58. The molecule has 0 amide bonds. The van der Waals surface area contributed by atoms with Crippen LogP contribution in [0.3, 0.4) is 0 Å². The largest absolute Gasteiger partial charge is 0.495 e. The van der Waals surface area contributed by atoms with Gasteiger partial charge in [-0.3, -0.25) is 0 Å². The number of anilines is 1. The topological polar surface area (TPSA) is 30.9 Å². The maximum Gasteiger partial charge on any atom is 0.161 e. The molecule has 0 aromatic heterocycles. The van der Waals surface area contributed by atoms with Gasteiger partial charge in [0.25, 0.3) is 0 Å². The number of ether oxygens (including phenoxy) is 3. The van der Waals surface area contributed by atoms with Gasteiger partial charge in [0.1, 0.15) is 5.75 Å². The van der Waals surface area contributed by atoms with Gasteiger partial charge >= 0.3 is 0 Å². The first kappa shape index (κ1) is 17.2. The third-order valence-corrected chi connectivity index (χ3v) is 4.79. The Bertz CT molecular complexity index is 757. The predicted octanol–water partition coefficient (Wildman–Crippen LogP) is 4.39. The Morgan fingerprint density at radius 2 is 1.72 bits per heavy atom. The van der Waals surface area contributed by atoms with Crippen LogP contribution in [0.15, 0.2) is 49.1 Å². The summed E-state index contributed by atoms with van der Waals surface area (Å²) in [6.07, 6.45) is 3.76. The van der Waals surface area contributed by atoms with E-state index in [0.29, 0.717) is 0 Å². The third-order valence-electron chi connectivity index (χ3n) is 4.79. The van der Waals surface area contributed by atoms with Gasteiger partial charge in [0, 0.05) is 6.54 Å². The number of rotatable bonds is 6. The van der Waals surface area contributed by atoms with Crippen LogP contribution >= 0.6 is 0 Å². The van der Waals surface area contributed by atoms with Gasteiger partial charge in [0.05, 0.1) is 33.1 Å². The van der Waals surface area contributed by atoms with Crippen molar-refractivity contribution in [2.24, 2.45) is 0 Å². The van der Waals surface area contributed by atoms with Crippen molar-refractivity contribution in [3.8, 4) is 17.2 Å². The van der Waals surface area contributed by atoms with Crippen molar-refractivity contribution in [2.75, 3.05) is 32.8 Å². The monoisotopic (exact) mass is 339 g/mol. The molecular formula is C21H25NO3. The summed E-state index contributed by atoms with van der Waals surface area (Å²) in [6, 6.07) is 12.6. The highest BCUT2D eigenvalue weighted by Gasteiger charge is 2.29. The average Bonchev–Trinajstić information content (AvgIpc) is 2.67. The molecule has 0 aliphatic carbocycles. The van der Waals surface area contributed by atoms with Crippen LogP contribution < -0.4 is 19.1 Å². The number of hydrogen-bond acceptors (Lipinski definition) is 4. The van der Waals surface area contributed by atoms with Crippen LogP contribution in [0.5, 0.6) is 17.2 Å². The van der Waals surface area contributed by atoms with Crippen LogP contribution in [0.2, 0.25) is 0 Å². The Kier molecular flexibility index (Phi) is 5.17. The summed E-state index contributed by atoms with van der Waals surface area (Å²) in [4.78, 5) is 2.40. The van der Waals surface area contributed by atoms with E-state index < -0.39 is 0 Å². The molecule has 1 aliphatic rings. The van der Waals surface area contributed by atoms with E-state index in [1.807, 2.05) is 24.3 Å². The van der Waals surface area contributed by atoms with Crippen LogP contribution in [0.25, 0.3) is 0 Å². The molecular weight excluding hydrogens is 314 g/mol. The number of benzene rings is 2. The first-order chi connectivity index (χ1) is 12.2. The minimum absolute atomic E-state index is 0.192. The smallest absolute Gasteiger partial charge is 0.161 e. The van der Waals surface area contributed by atoms with Gasteiger partial charge in [-0.1, -0.05) is 18.2 Å². The minimum Gasteiger partial charge on any atom is -0.495 e. The summed E-state index contributed by atoms with van der Waals surface area (Å²) in [5.74, 6) is 2.43. The molecule has 4 nitrogen and oxygen atoms in total. The Balaban J connectivity index is 2.09. The maximum atomic E-state index is 5.58. The normalized spacial score (nSPS) is 16.1. The van der Waals surface area contributed by atoms with Crippen molar-refractivity contribution in [2.45, 2.75) is 18.9 Å². The second-order valence-corrected chi connectivity index (χ2v) is 6.06. The van der Waals surface area contributed by atoms with Crippen molar-refractivity contribution < 1.29 is 14.2 Å². The second kappa shape index (κ2) is 7.51. The van der Waals surface area contributed by atoms with Crippen molar-refractivity contribution in [3.05, 3.63) is 60.2 Å². The molecule has 0 saturated heterocycles. The van der Waals surface area contributed by atoms with Gasteiger partial charge in [-0.25, -0.2) is 0 Å². The fourth-order valence-corrected chi connectivity index (χ4v) is 3.60. The molecule has 0 bridgehead atoms. The lowest BCUT2D eigenvalue weighted by molar-refractivity contribution is 0.353. The van der Waals surface area contributed by atoms with Gasteiger partial charge in [-0.15, -0.1) is 6.58 Å². The molecule has 2 aromatic carbocycles. The van der Waals surface area contributed by atoms with Gasteiger partial charge in [-0.05, 0) is 48.2 Å². The lowest BCUT2D eigenvalue weighted by atomic mass is 9.89. The molecule has 132 valence electrons. The quantitative estimate of drug-likeness (QED) is 0.730. The Hall–Kier alpha value is -2.62. The van der Waals surface area contributed by atoms with E-state index >= 15 is 0 Å². The number of para-hydroxylation sites is 2. The highest BCUT2D eigenvalue weighted by molar-refractivity contribution is 5.62. The summed E-state index contributed by atoms with van der Waals surface area (Å²) in [6.45, 7) is 4.88. The molecule has 0 saturated carbocycles. The zero-order valence-corrected chi connectivity index (χ0v) is 15.1. The molecule has 25 heavy (non-hydrogen) atoms. The molecule has 0 unspecified atom stereocenters. The Labute approximate surface area is 149 Å². The highest BCUT2D eigenvalue weighted by Crippen LogP contribution is 2.43. The molecule has 3 rings (SSSR count). The van der Waals surface area contributed by atoms with E-state index in [-0.39, 0.29) is 6.04 Å². The van der Waals surface area contributed by atoms with Crippen LogP contribution in [0, 0.1) is 0 Å². The van der Waals surface area contributed by atoms with Crippen LogP contribution in [-0.2, 0) is 6.42 Å². The summed E-state index contributed by atoms with van der Waals surface area (Å²) in [5.41, 5.74) is 3.67. The number of fused-ring (bicyclic) bond motifs is 1. The Morgan fingerprint density at radius 3 is 2.40 bits per heavy atom. The summed E-state index contributed by atoms with van der Waals surface area (Å²) < 4.78 is 16.6. The van der Waals surface area contributed by atoms with Crippen LogP contribution in [0.1, 0.15) is 23.6 Å². The summed E-state index contributed by atoms with van der Waals surface area (Å²) in [7, 11) is 5.07. The molecule has 1 aliphatic heterocycles. The highest BCUT2D eigenvalue weighted by atomic mass is 16.5. The Morgan fingerprint density at radius 1 is 1.04 bits per heavy atom. The first-order valence-corrected chi connectivity index (χ1v) is 8.48. The molecule has 2 aromatic rings. The van der Waals surface area contributed by atoms with E-state index in [1.165, 1.54) is 11.1 Å². The van der Waals surface area contributed by atoms with E-state index in [4.69, 9.17) is 14.2 Å². The SMILES string of the molecule is C=CC[C@H]1c2cc(OC)c(OC)cc2CCN1c1ccccc1OC. The van der Waals surface area contributed by atoms with Crippen molar-refractivity contribution in [3.63, 3.8) is 0 Å². The molecule has 1 atom stereocenters. The predicted molar refractivity (Wildman–Crippen MR) is 101 cm³/mol. The first-order valence-electron chi connectivity index (χ1n) is 8.48. The average molecular weight is 339 g/mol. The number of hydrogen-bond donors (Lipinski definition) is 0. The molecule has 4 heteroatoms. The molecule has 0 radical (unpaired) electrons. The van der Waals surface area contributed by atoms with Gasteiger partial charge in [0.2, 0.25) is 0 Å². The van der Waals surface area contributed by atoms with Gasteiger partial charge in [0.15, 0.2) is 11.5 Å². The second-order valence-electron chi connectivity index (χ2n) is 6.06. The molecule has 1 heterocycles. The summed E-state index contributed by atoms with van der Waals surface area (Å²) >= 11 is 0. The van der Waals surface area contributed by atoms with Crippen molar-refractivity contribution >= 4 is 5.69 Å². The van der Waals surface area contributed by atoms with Crippen LogP contribution in [0.4, 0.5) is 5.69 Å². The fraction of sp³-hybridized carbons (Fsp3) is 0.333. The van der Waals surface area contributed by atoms with E-state index in [0.717, 1.165) is 42.3 Å². The van der Waals surface area contributed by atoms with E-state index in [1.54, 1.807) is 21.3 Å².